The zero-order chi connectivity index (χ0) is 14.7. The number of nitrogens with one attached hydrogen (secondary N) is 1. The highest BCUT2D eigenvalue weighted by Gasteiger charge is 2.33. The van der Waals surface area contributed by atoms with Crippen LogP contribution >= 0.6 is 0 Å². The topological polar surface area (TPSA) is 79.7 Å². The van der Waals surface area contributed by atoms with Crippen LogP contribution in [0.4, 0.5) is 5.82 Å². The van der Waals surface area contributed by atoms with E-state index < -0.39 is 0 Å². The molecule has 2 atom stereocenters. The largest absolute Gasteiger partial charge is 0.394 e. The van der Waals surface area contributed by atoms with Crippen LogP contribution in [0.2, 0.25) is 0 Å². The predicted molar refractivity (Wildman–Crippen MR) is 73.9 cm³/mol. The molecule has 1 aromatic heterocycles. The molecule has 0 bridgehead atoms. The molecule has 0 radical (unpaired) electrons. The Morgan fingerprint density at radius 1 is 1.70 bits per heavy atom. The highest BCUT2D eigenvalue weighted by Crippen LogP contribution is 2.26. The second-order valence-electron chi connectivity index (χ2n) is 4.89. The number of anilines is 1. The summed E-state index contributed by atoms with van der Waals surface area (Å²) in [6.07, 6.45) is 3.91. The van der Waals surface area contributed by atoms with E-state index in [0.717, 1.165) is 19.1 Å². The molecule has 2 unspecified atom stereocenters. The van der Waals surface area contributed by atoms with Crippen molar-refractivity contribution in [3.05, 3.63) is 12.0 Å². The molecule has 0 aliphatic carbocycles. The van der Waals surface area contributed by atoms with E-state index in [1.807, 2.05) is 24.9 Å². The lowest BCUT2D eigenvalue weighted by molar-refractivity contribution is -0.746. The van der Waals surface area contributed by atoms with Crippen molar-refractivity contribution in [2.45, 2.75) is 32.1 Å². The maximum atomic E-state index is 11.3. The third-order valence-corrected chi connectivity index (χ3v) is 3.52. The molecule has 2 heterocycles. The molecule has 0 aromatic carbocycles. The number of nitrogens with zero attached hydrogens (tertiary/aromatic N) is 3. The lowest BCUT2D eigenvalue weighted by atomic mass is 10.2. The Hall–Kier alpha value is -1.73. The zero-order valence-electron chi connectivity index (χ0n) is 12.0. The van der Waals surface area contributed by atoms with Crippen molar-refractivity contribution in [3.8, 4) is 0 Å². The van der Waals surface area contributed by atoms with Crippen molar-refractivity contribution >= 4 is 17.9 Å². The summed E-state index contributed by atoms with van der Waals surface area (Å²) in [5.41, 5.74) is 0.532. The molecular weight excluding hydrogens is 260 g/mol. The minimum absolute atomic E-state index is 0.0165. The number of aliphatic hydroxyl groups excluding tert-OH is 1. The minimum atomic E-state index is -0.181. The molecule has 1 saturated heterocycles. The van der Waals surface area contributed by atoms with Crippen LogP contribution in [-0.2, 0) is 11.8 Å². The number of aliphatic imine (C=N–C) groups is 1. The van der Waals surface area contributed by atoms with Gasteiger partial charge < -0.3 is 9.84 Å². The van der Waals surface area contributed by atoms with Crippen LogP contribution in [0, 0.1) is 0 Å². The molecule has 1 aliphatic heterocycles. The third kappa shape index (κ3) is 2.73. The summed E-state index contributed by atoms with van der Waals surface area (Å²) in [7, 11) is 3.49. The van der Waals surface area contributed by atoms with Gasteiger partial charge in [0.05, 0.1) is 19.8 Å². The van der Waals surface area contributed by atoms with Gasteiger partial charge in [0.2, 0.25) is 5.69 Å². The van der Waals surface area contributed by atoms with E-state index in [9.17, 15) is 4.79 Å². The number of ether oxygens (including phenoxy) is 1. The maximum absolute atomic E-state index is 11.3. The van der Waals surface area contributed by atoms with Crippen molar-refractivity contribution in [1.82, 2.24) is 4.57 Å². The first-order chi connectivity index (χ1) is 9.60. The Labute approximate surface area is 117 Å². The number of hydrogen-bond acceptors (Lipinski definition) is 4. The molecule has 7 nitrogen and oxygen atoms in total. The first-order valence-corrected chi connectivity index (χ1v) is 6.63. The van der Waals surface area contributed by atoms with Crippen molar-refractivity contribution < 1.29 is 19.2 Å². The number of rotatable bonds is 4. The quantitative estimate of drug-likeness (QED) is 0.359. The number of carbonyl (C=O) groups is 1. The highest BCUT2D eigenvalue weighted by molar-refractivity contribution is 5.95. The van der Waals surface area contributed by atoms with Gasteiger partial charge in [-0.25, -0.2) is 4.57 Å². The number of aromatic nitrogens is 2. The Morgan fingerprint density at radius 3 is 3.00 bits per heavy atom. The average Bonchev–Trinajstić information content (AvgIpc) is 3.03. The number of carbonyl (C=O) groups excluding carboxylic acids is 1. The van der Waals surface area contributed by atoms with Gasteiger partial charge in [-0.1, -0.05) is 0 Å². The van der Waals surface area contributed by atoms with Gasteiger partial charge in [-0.15, -0.1) is 0 Å². The van der Waals surface area contributed by atoms with Crippen molar-refractivity contribution in [2.24, 2.45) is 12.0 Å². The van der Waals surface area contributed by atoms with Crippen LogP contribution in [0.25, 0.3) is 0 Å². The molecule has 7 heteroatoms. The van der Waals surface area contributed by atoms with Gasteiger partial charge in [-0.05, 0) is 6.42 Å². The van der Waals surface area contributed by atoms with Crippen LogP contribution in [0.1, 0.15) is 36.5 Å². The fraction of sp³-hybridized carbons (Fsp3) is 0.615. The van der Waals surface area contributed by atoms with Gasteiger partial charge in [0, 0.05) is 20.4 Å². The van der Waals surface area contributed by atoms with Crippen LogP contribution in [0.3, 0.4) is 0 Å². The lowest BCUT2D eigenvalue weighted by Crippen LogP contribution is -2.41. The number of aryl methyl sites for hydroxylation is 1. The Bertz CT molecular complexity index is 524. The first-order valence-electron chi connectivity index (χ1n) is 6.63. The van der Waals surface area contributed by atoms with Gasteiger partial charge in [0.25, 0.3) is 5.82 Å². The summed E-state index contributed by atoms with van der Waals surface area (Å²) >= 11 is 0. The highest BCUT2D eigenvalue weighted by atomic mass is 16.5. The fourth-order valence-corrected chi connectivity index (χ4v) is 2.34. The second-order valence-corrected chi connectivity index (χ2v) is 4.89. The normalized spacial score (nSPS) is 23.1. The molecule has 1 aromatic rings. The maximum Gasteiger partial charge on any atom is 0.272 e. The van der Waals surface area contributed by atoms with Crippen LogP contribution < -0.4 is 9.88 Å². The van der Waals surface area contributed by atoms with Crippen LogP contribution in [-0.4, -0.2) is 41.6 Å². The Balaban J connectivity index is 2.35. The summed E-state index contributed by atoms with van der Waals surface area (Å²) in [5.74, 6) is 1.37. The van der Waals surface area contributed by atoms with Gasteiger partial charge in [0.15, 0.2) is 24.7 Å². The number of aliphatic hydroxyl groups is 1. The van der Waals surface area contributed by atoms with E-state index in [4.69, 9.17) is 9.84 Å². The molecule has 0 saturated carbocycles. The molecule has 2 N–H and O–H groups in total. The van der Waals surface area contributed by atoms with E-state index >= 15 is 0 Å². The summed E-state index contributed by atoms with van der Waals surface area (Å²) < 4.78 is 9.40. The number of hydrogen-bond donors (Lipinski definition) is 2. The van der Waals surface area contributed by atoms with Gasteiger partial charge in [-0.3, -0.25) is 19.7 Å². The molecule has 0 amide bonds. The van der Waals surface area contributed by atoms with Crippen molar-refractivity contribution in [3.63, 3.8) is 0 Å². The smallest absolute Gasteiger partial charge is 0.272 e. The lowest BCUT2D eigenvalue weighted by Gasteiger charge is -2.12. The van der Waals surface area contributed by atoms with Gasteiger partial charge in [0.1, 0.15) is 0 Å². The van der Waals surface area contributed by atoms with Gasteiger partial charge >= 0.3 is 0 Å². The average molecular weight is 281 g/mol. The molecule has 20 heavy (non-hydrogen) atoms. The van der Waals surface area contributed by atoms with E-state index in [-0.39, 0.29) is 18.9 Å². The third-order valence-electron chi connectivity index (χ3n) is 3.52. The van der Waals surface area contributed by atoms with Crippen LogP contribution in [0.5, 0.6) is 0 Å². The monoisotopic (exact) mass is 281 g/mol. The summed E-state index contributed by atoms with van der Waals surface area (Å²) in [6.45, 7) is 1.85. The number of aldehydes is 1. The molecule has 0 spiro atoms. The molecule has 2 rings (SSSR count). The second kappa shape index (κ2) is 6.15. The van der Waals surface area contributed by atoms with E-state index in [2.05, 4.69) is 10.3 Å². The summed E-state index contributed by atoms with van der Waals surface area (Å²) in [4.78, 5) is 15.3. The predicted octanol–water partition coefficient (Wildman–Crippen LogP) is 0.255. The Kier molecular flexibility index (Phi) is 4.51. The standard InChI is InChI=1S/C13H20N4O3/c1-9(14-2)15-13-11(7-19)16(3)8-17(13)12-5-4-10(6-18)20-12/h7-8,10,12,18H,4-6H2,1-3H3/p+1. The van der Waals surface area contributed by atoms with E-state index in [1.165, 1.54) is 0 Å². The molecular formula is C13H21N4O3+. The summed E-state index contributed by atoms with van der Waals surface area (Å²) in [6, 6.07) is 0. The van der Waals surface area contributed by atoms with Crippen molar-refractivity contribution in [2.75, 3.05) is 19.0 Å². The number of imidazole rings is 1. The minimum Gasteiger partial charge on any atom is -0.394 e. The number of amidine groups is 1. The molecule has 1 fully saturated rings. The van der Waals surface area contributed by atoms with Crippen LogP contribution in [0.15, 0.2) is 11.3 Å². The van der Waals surface area contributed by atoms with Crippen molar-refractivity contribution in [1.29, 1.82) is 0 Å². The summed E-state index contributed by atoms with van der Waals surface area (Å²) in [5, 5.41) is 12.3. The molecule has 110 valence electrons. The van der Waals surface area contributed by atoms with Gasteiger partial charge in [-0.2, -0.15) is 0 Å². The zero-order valence-corrected chi connectivity index (χ0v) is 12.0. The SMILES string of the molecule is CN=C(C)Nc1c(C=O)n(C)c[n+]1C1CCC(CO)O1. The first kappa shape index (κ1) is 14.7. The molecule has 1 aliphatic rings. The van der Waals surface area contributed by atoms with E-state index in [1.54, 1.807) is 11.6 Å². The fourth-order valence-electron chi connectivity index (χ4n) is 2.34. The Morgan fingerprint density at radius 2 is 2.45 bits per heavy atom. The van der Waals surface area contributed by atoms with E-state index in [0.29, 0.717) is 17.3 Å².